The van der Waals surface area contributed by atoms with Crippen molar-refractivity contribution in [2.24, 2.45) is 0 Å². The fraction of sp³-hybridized carbons (Fsp3) is 0.667. The molecule has 0 aliphatic rings. The van der Waals surface area contributed by atoms with Gasteiger partial charge in [-0.1, -0.05) is 13.8 Å². The Morgan fingerprint density at radius 1 is 1.33 bits per heavy atom. The molecule has 1 rings (SSSR count). The molecule has 6 heteroatoms. The maximum atomic E-state index is 12.3. The van der Waals surface area contributed by atoms with Crippen molar-refractivity contribution in [2.75, 3.05) is 6.26 Å². The number of carboxylic acid groups (broad SMARTS) is 1. The molecule has 0 unspecified atom stereocenters. The van der Waals surface area contributed by atoms with Gasteiger partial charge in [-0.3, -0.25) is 9.36 Å². The smallest absolute Gasteiger partial charge is 0.348 e. The van der Waals surface area contributed by atoms with Crippen LogP contribution in [0, 0.1) is 0 Å². The van der Waals surface area contributed by atoms with E-state index < -0.39 is 5.97 Å². The summed E-state index contributed by atoms with van der Waals surface area (Å²) in [5.41, 5.74) is 1.83. The van der Waals surface area contributed by atoms with Crippen LogP contribution in [0.1, 0.15) is 44.6 Å². The van der Waals surface area contributed by atoms with Crippen molar-refractivity contribution in [2.45, 2.75) is 58.2 Å². The largest absolute Gasteiger partial charge is 0.481 e. The fourth-order valence-corrected chi connectivity index (χ4v) is 2.61. The molecule has 5 nitrogen and oxygen atoms in total. The second kappa shape index (κ2) is 7.11. The number of hydrogen-bond acceptors (Lipinski definition) is 4. The van der Waals surface area contributed by atoms with Crippen molar-refractivity contribution in [3.63, 3.8) is 0 Å². The van der Waals surface area contributed by atoms with E-state index in [1.807, 2.05) is 20.1 Å². The van der Waals surface area contributed by atoms with E-state index in [4.69, 9.17) is 5.11 Å². The van der Waals surface area contributed by atoms with Crippen LogP contribution in [0.25, 0.3) is 0 Å². The van der Waals surface area contributed by atoms with Gasteiger partial charge >= 0.3 is 11.7 Å². The lowest BCUT2D eigenvalue weighted by molar-refractivity contribution is -0.136. The quantitative estimate of drug-likeness (QED) is 0.835. The van der Waals surface area contributed by atoms with E-state index in [2.05, 4.69) is 18.8 Å². The predicted molar refractivity (Wildman–Crippen MR) is 86.2 cm³/mol. The van der Waals surface area contributed by atoms with Crippen LogP contribution in [0.4, 0.5) is 0 Å². The van der Waals surface area contributed by atoms with Gasteiger partial charge in [0.25, 0.3) is 0 Å². The summed E-state index contributed by atoms with van der Waals surface area (Å²) in [6.45, 7) is 8.49. The molecule has 1 aromatic heterocycles. The first-order valence-corrected chi connectivity index (χ1v) is 8.36. The minimum absolute atomic E-state index is 0.0840. The van der Waals surface area contributed by atoms with E-state index >= 15 is 0 Å². The molecule has 21 heavy (non-hydrogen) atoms. The summed E-state index contributed by atoms with van der Waals surface area (Å²) in [6.07, 6.45) is 3.11. The van der Waals surface area contributed by atoms with Gasteiger partial charge in [0.1, 0.15) is 0 Å². The first-order valence-electron chi connectivity index (χ1n) is 7.14. The Balaban J connectivity index is 3.50. The van der Waals surface area contributed by atoms with Crippen molar-refractivity contribution in [3.05, 3.63) is 27.4 Å². The molecule has 1 N–H and O–H groups in total. The first kappa shape index (κ1) is 17.8. The van der Waals surface area contributed by atoms with Gasteiger partial charge in [-0.25, -0.2) is 4.79 Å². The van der Waals surface area contributed by atoms with E-state index in [0.717, 1.165) is 5.69 Å². The summed E-state index contributed by atoms with van der Waals surface area (Å²) in [5, 5.41) is 9.13. The van der Waals surface area contributed by atoms with Crippen LogP contribution in [0.2, 0.25) is 0 Å². The van der Waals surface area contributed by atoms with Crippen molar-refractivity contribution >= 4 is 17.7 Å². The van der Waals surface area contributed by atoms with Crippen LogP contribution in [0.5, 0.6) is 0 Å². The fourth-order valence-electron chi connectivity index (χ4n) is 2.35. The highest BCUT2D eigenvalue weighted by Gasteiger charge is 2.23. The highest BCUT2D eigenvalue weighted by atomic mass is 32.2. The van der Waals surface area contributed by atoms with Gasteiger partial charge < -0.3 is 5.11 Å². The summed E-state index contributed by atoms with van der Waals surface area (Å²) < 4.78 is 1.54. The average Bonchev–Trinajstić information content (AvgIpc) is 2.41. The third-order valence-corrected chi connectivity index (χ3v) is 4.81. The van der Waals surface area contributed by atoms with E-state index in [0.29, 0.717) is 30.6 Å². The number of aryl methyl sites for hydroxylation is 1. The van der Waals surface area contributed by atoms with Crippen LogP contribution in [-0.4, -0.2) is 31.6 Å². The van der Waals surface area contributed by atoms with Gasteiger partial charge in [0.05, 0.1) is 12.1 Å². The summed E-state index contributed by atoms with van der Waals surface area (Å²) >= 11 is 1.68. The lowest BCUT2D eigenvalue weighted by atomic mass is 10.0. The lowest BCUT2D eigenvalue weighted by Crippen LogP contribution is -2.36. The molecule has 0 saturated heterocycles. The molecule has 0 bridgehead atoms. The Labute approximate surface area is 129 Å². The van der Waals surface area contributed by atoms with Gasteiger partial charge in [0.2, 0.25) is 0 Å². The molecule has 0 aromatic carbocycles. The summed E-state index contributed by atoms with van der Waals surface area (Å²) in [4.78, 5) is 27.5. The van der Waals surface area contributed by atoms with Crippen molar-refractivity contribution in [1.29, 1.82) is 0 Å². The van der Waals surface area contributed by atoms with Gasteiger partial charge in [-0.15, -0.1) is 0 Å². The zero-order chi connectivity index (χ0) is 16.2. The normalized spacial score (nSPS) is 11.7. The Bertz CT molecular complexity index is 579. The summed E-state index contributed by atoms with van der Waals surface area (Å²) in [6, 6.07) is 0. The maximum absolute atomic E-state index is 12.3. The minimum atomic E-state index is -0.893. The Kier molecular flexibility index (Phi) is 6.01. The van der Waals surface area contributed by atoms with Crippen molar-refractivity contribution in [3.8, 4) is 0 Å². The minimum Gasteiger partial charge on any atom is -0.481 e. The number of rotatable bonds is 7. The molecule has 0 spiro atoms. The second-order valence-electron chi connectivity index (χ2n) is 5.59. The van der Waals surface area contributed by atoms with Crippen LogP contribution < -0.4 is 5.69 Å². The Morgan fingerprint density at radius 3 is 2.38 bits per heavy atom. The van der Waals surface area contributed by atoms with E-state index in [1.54, 1.807) is 16.3 Å². The topological polar surface area (TPSA) is 72.2 Å². The highest BCUT2D eigenvalue weighted by molar-refractivity contribution is 7.99. The molecule has 0 aliphatic heterocycles. The van der Waals surface area contributed by atoms with Crippen LogP contribution in [-0.2, 0) is 30.6 Å². The van der Waals surface area contributed by atoms with E-state index in [1.165, 1.54) is 0 Å². The third kappa shape index (κ3) is 4.33. The van der Waals surface area contributed by atoms with Crippen LogP contribution in [0.15, 0.2) is 4.79 Å². The number of aliphatic carboxylic acids is 1. The van der Waals surface area contributed by atoms with Crippen molar-refractivity contribution < 1.29 is 9.90 Å². The maximum Gasteiger partial charge on any atom is 0.348 e. The highest BCUT2D eigenvalue weighted by Crippen LogP contribution is 2.24. The SMILES string of the molecule is CCc1nc(=O)n(CC(C)(C)SC)c(CC)c1CC(=O)O. The molecule has 0 aliphatic carbocycles. The third-order valence-electron chi connectivity index (χ3n) is 3.57. The number of carboxylic acids is 1. The van der Waals surface area contributed by atoms with E-state index in [9.17, 15) is 9.59 Å². The second-order valence-corrected chi connectivity index (χ2v) is 7.11. The number of thioether (sulfide) groups is 1. The Hall–Kier alpha value is -1.30. The Morgan fingerprint density at radius 2 is 1.95 bits per heavy atom. The van der Waals surface area contributed by atoms with Crippen molar-refractivity contribution in [1.82, 2.24) is 9.55 Å². The summed E-state index contributed by atoms with van der Waals surface area (Å²) in [7, 11) is 0. The van der Waals surface area contributed by atoms with Gasteiger partial charge in [0.15, 0.2) is 0 Å². The van der Waals surface area contributed by atoms with Gasteiger partial charge in [-0.2, -0.15) is 16.7 Å². The first-order chi connectivity index (χ1) is 9.75. The molecule has 1 heterocycles. The number of hydrogen-bond donors (Lipinski definition) is 1. The standard InChI is InChI=1S/C15H24N2O3S/c1-6-11-10(8-13(18)19)12(7-2)17(14(20)16-11)9-15(3,4)21-5/h6-9H2,1-5H3,(H,18,19). The average molecular weight is 312 g/mol. The molecule has 0 radical (unpaired) electrons. The summed E-state index contributed by atoms with van der Waals surface area (Å²) in [5.74, 6) is -0.893. The predicted octanol–water partition coefficient (Wildman–Crippen LogP) is 2.14. The zero-order valence-electron chi connectivity index (χ0n) is 13.4. The zero-order valence-corrected chi connectivity index (χ0v) is 14.2. The monoisotopic (exact) mass is 312 g/mol. The molecule has 1 aromatic rings. The van der Waals surface area contributed by atoms with Gasteiger partial charge in [-0.05, 0) is 32.9 Å². The number of carbonyl (C=O) groups is 1. The molecule has 118 valence electrons. The molecule has 0 atom stereocenters. The lowest BCUT2D eigenvalue weighted by Gasteiger charge is -2.26. The molecular formula is C15H24N2O3S. The molecule has 0 saturated carbocycles. The van der Waals surface area contributed by atoms with Gasteiger partial charge in [0, 0.05) is 22.5 Å². The van der Waals surface area contributed by atoms with Crippen LogP contribution in [0.3, 0.4) is 0 Å². The number of nitrogens with zero attached hydrogens (tertiary/aromatic N) is 2. The molecule has 0 amide bonds. The molecule has 0 fully saturated rings. The van der Waals surface area contributed by atoms with E-state index in [-0.39, 0.29) is 16.9 Å². The number of aromatic nitrogens is 2. The van der Waals surface area contributed by atoms with Crippen LogP contribution >= 0.6 is 11.8 Å². The molecular weight excluding hydrogens is 288 g/mol.